The fourth-order valence-corrected chi connectivity index (χ4v) is 3.67. The number of hydrogen-bond donors (Lipinski definition) is 3. The molecule has 0 saturated carbocycles. The summed E-state index contributed by atoms with van der Waals surface area (Å²) in [6, 6.07) is 10.0. The third-order valence-electron chi connectivity index (χ3n) is 4.92. The van der Waals surface area contributed by atoms with Crippen LogP contribution in [-0.4, -0.2) is 39.5 Å². The van der Waals surface area contributed by atoms with E-state index in [0.29, 0.717) is 50.6 Å². The molecule has 0 radical (unpaired) electrons. The molecule has 0 aliphatic carbocycles. The van der Waals surface area contributed by atoms with Gasteiger partial charge in [-0.2, -0.15) is 0 Å². The average Bonchev–Trinajstić information content (AvgIpc) is 2.77. The molecule has 0 bridgehead atoms. The van der Waals surface area contributed by atoms with Gasteiger partial charge in [0, 0.05) is 17.3 Å². The fourth-order valence-electron chi connectivity index (χ4n) is 3.39. The van der Waals surface area contributed by atoms with Gasteiger partial charge in [-0.25, -0.2) is 0 Å². The molecular weight excluding hydrogens is 418 g/mol. The first-order chi connectivity index (χ1) is 14.9. The summed E-state index contributed by atoms with van der Waals surface area (Å²) < 4.78 is 21.6. The van der Waals surface area contributed by atoms with Crippen LogP contribution in [0.25, 0.3) is 0 Å². The molecule has 8 nitrogen and oxygen atoms in total. The van der Waals surface area contributed by atoms with E-state index in [1.54, 1.807) is 58.6 Å². The van der Waals surface area contributed by atoms with Crippen molar-refractivity contribution >= 4 is 28.9 Å². The number of hydrogen-bond acceptors (Lipinski definition) is 6. The van der Waals surface area contributed by atoms with E-state index in [-0.39, 0.29) is 5.91 Å². The van der Waals surface area contributed by atoms with Gasteiger partial charge >= 0.3 is 0 Å². The molecule has 1 aliphatic heterocycles. The molecule has 2 aromatic carbocycles. The lowest BCUT2D eigenvalue weighted by atomic mass is 9.94. The smallest absolute Gasteiger partial charge is 0.255 e. The quantitative estimate of drug-likeness (QED) is 0.563. The van der Waals surface area contributed by atoms with Crippen LogP contribution in [0.5, 0.6) is 23.0 Å². The van der Waals surface area contributed by atoms with Gasteiger partial charge in [0.05, 0.1) is 45.7 Å². The first kappa shape index (κ1) is 22.2. The van der Waals surface area contributed by atoms with Crippen molar-refractivity contribution in [2.24, 2.45) is 0 Å². The summed E-state index contributed by atoms with van der Waals surface area (Å²) in [7, 11) is 6.24. The van der Waals surface area contributed by atoms with Gasteiger partial charge in [-0.1, -0.05) is 0 Å². The van der Waals surface area contributed by atoms with E-state index < -0.39 is 6.04 Å². The topological polar surface area (TPSA) is 90.1 Å². The number of anilines is 1. The molecule has 3 N–H and O–H groups in total. The van der Waals surface area contributed by atoms with E-state index in [2.05, 4.69) is 16.0 Å². The Labute approximate surface area is 186 Å². The van der Waals surface area contributed by atoms with Crippen molar-refractivity contribution in [3.8, 4) is 23.0 Å². The molecule has 164 valence electrons. The molecule has 1 amide bonds. The maximum Gasteiger partial charge on any atom is 0.255 e. The van der Waals surface area contributed by atoms with Crippen molar-refractivity contribution in [2.75, 3.05) is 33.8 Å². The minimum atomic E-state index is -0.560. The zero-order chi connectivity index (χ0) is 22.5. The summed E-state index contributed by atoms with van der Waals surface area (Å²) in [5.41, 5.74) is 2.27. The van der Waals surface area contributed by atoms with Gasteiger partial charge in [-0.3, -0.25) is 4.79 Å². The second-order valence-electron chi connectivity index (χ2n) is 6.70. The number of thiocarbonyl (C=S) groups is 1. The summed E-state index contributed by atoms with van der Waals surface area (Å²) in [5.74, 6) is 2.00. The first-order valence-electron chi connectivity index (χ1n) is 9.45. The van der Waals surface area contributed by atoms with E-state index in [0.717, 1.165) is 0 Å². The van der Waals surface area contributed by atoms with Crippen molar-refractivity contribution in [3.05, 3.63) is 53.2 Å². The number of benzene rings is 2. The average molecular weight is 444 g/mol. The largest absolute Gasteiger partial charge is 0.497 e. The number of rotatable bonds is 7. The number of allylic oxidation sites excluding steroid dienone is 1. The lowest BCUT2D eigenvalue weighted by Crippen LogP contribution is -2.45. The Morgan fingerprint density at radius 2 is 1.55 bits per heavy atom. The molecule has 1 aliphatic rings. The third kappa shape index (κ3) is 4.66. The van der Waals surface area contributed by atoms with Crippen LogP contribution in [0.15, 0.2) is 47.7 Å². The fraction of sp³-hybridized carbons (Fsp3) is 0.273. The van der Waals surface area contributed by atoms with Crippen LogP contribution in [0, 0.1) is 0 Å². The predicted octanol–water partition coefficient (Wildman–Crippen LogP) is 3.15. The SMILES string of the molecule is COc1ccc(OC)c(NC(=O)C2=C(C)NC(=S)NC2c2cc(OC)ccc2OC)c1. The summed E-state index contributed by atoms with van der Waals surface area (Å²) in [6.07, 6.45) is 0. The molecule has 9 heteroatoms. The molecule has 0 saturated heterocycles. The molecule has 0 fully saturated rings. The van der Waals surface area contributed by atoms with Crippen molar-refractivity contribution in [2.45, 2.75) is 13.0 Å². The van der Waals surface area contributed by atoms with Crippen LogP contribution in [0.4, 0.5) is 5.69 Å². The lowest BCUT2D eigenvalue weighted by Gasteiger charge is -2.31. The van der Waals surface area contributed by atoms with E-state index in [4.69, 9.17) is 31.2 Å². The zero-order valence-corrected chi connectivity index (χ0v) is 18.8. The molecule has 0 spiro atoms. The highest BCUT2D eigenvalue weighted by atomic mass is 32.1. The molecule has 2 aromatic rings. The Hall–Kier alpha value is -3.46. The Bertz CT molecular complexity index is 1040. The molecule has 1 atom stereocenters. The normalized spacial score (nSPS) is 15.5. The van der Waals surface area contributed by atoms with Gasteiger partial charge in [-0.05, 0) is 49.5 Å². The maximum atomic E-state index is 13.4. The number of carbonyl (C=O) groups is 1. The van der Waals surface area contributed by atoms with Crippen molar-refractivity contribution in [1.82, 2.24) is 10.6 Å². The Morgan fingerprint density at radius 3 is 2.16 bits per heavy atom. The van der Waals surface area contributed by atoms with Crippen molar-refractivity contribution < 1.29 is 23.7 Å². The van der Waals surface area contributed by atoms with Crippen LogP contribution in [0.3, 0.4) is 0 Å². The number of methoxy groups -OCH3 is 4. The Kier molecular flexibility index (Phi) is 6.86. The summed E-state index contributed by atoms with van der Waals surface area (Å²) >= 11 is 5.35. The number of amides is 1. The van der Waals surface area contributed by atoms with Crippen LogP contribution >= 0.6 is 12.2 Å². The van der Waals surface area contributed by atoms with E-state index >= 15 is 0 Å². The highest BCUT2D eigenvalue weighted by Crippen LogP contribution is 2.37. The first-order valence-corrected chi connectivity index (χ1v) is 9.86. The van der Waals surface area contributed by atoms with Gasteiger partial charge < -0.3 is 34.9 Å². The molecule has 0 aromatic heterocycles. The maximum absolute atomic E-state index is 13.4. The molecule has 31 heavy (non-hydrogen) atoms. The van der Waals surface area contributed by atoms with Gasteiger partial charge in [0.15, 0.2) is 5.11 Å². The number of nitrogens with one attached hydrogen (secondary N) is 3. The second-order valence-corrected chi connectivity index (χ2v) is 7.11. The van der Waals surface area contributed by atoms with Crippen molar-refractivity contribution in [1.29, 1.82) is 0 Å². The van der Waals surface area contributed by atoms with E-state index in [1.807, 2.05) is 6.07 Å². The Morgan fingerprint density at radius 1 is 0.935 bits per heavy atom. The molecule has 1 heterocycles. The van der Waals surface area contributed by atoms with E-state index in [9.17, 15) is 4.79 Å². The monoisotopic (exact) mass is 443 g/mol. The zero-order valence-electron chi connectivity index (χ0n) is 18.0. The summed E-state index contributed by atoms with van der Waals surface area (Å²) in [6.45, 7) is 1.80. The highest BCUT2D eigenvalue weighted by Gasteiger charge is 2.32. The van der Waals surface area contributed by atoms with Gasteiger partial charge in [0.2, 0.25) is 0 Å². The molecule has 3 rings (SSSR count). The van der Waals surface area contributed by atoms with Gasteiger partial charge in [-0.15, -0.1) is 0 Å². The highest BCUT2D eigenvalue weighted by molar-refractivity contribution is 7.80. The predicted molar refractivity (Wildman–Crippen MR) is 122 cm³/mol. The minimum Gasteiger partial charge on any atom is -0.497 e. The van der Waals surface area contributed by atoms with Gasteiger partial charge in [0.1, 0.15) is 23.0 Å². The number of ether oxygens (including phenoxy) is 4. The van der Waals surface area contributed by atoms with E-state index in [1.165, 1.54) is 7.11 Å². The Balaban J connectivity index is 2.04. The van der Waals surface area contributed by atoms with Crippen LogP contribution in [0.1, 0.15) is 18.5 Å². The van der Waals surface area contributed by atoms with Crippen molar-refractivity contribution in [3.63, 3.8) is 0 Å². The molecule has 1 unspecified atom stereocenters. The van der Waals surface area contributed by atoms with Gasteiger partial charge in [0.25, 0.3) is 5.91 Å². The lowest BCUT2D eigenvalue weighted by molar-refractivity contribution is -0.113. The molecular formula is C22H25N3O5S. The second kappa shape index (κ2) is 9.57. The summed E-state index contributed by atoms with van der Waals surface area (Å²) in [5, 5.41) is 9.52. The number of carbonyl (C=O) groups excluding carboxylic acids is 1. The van der Waals surface area contributed by atoms with Crippen LogP contribution < -0.4 is 34.9 Å². The minimum absolute atomic E-state index is 0.332. The third-order valence-corrected chi connectivity index (χ3v) is 5.14. The summed E-state index contributed by atoms with van der Waals surface area (Å²) in [4.78, 5) is 13.4. The van der Waals surface area contributed by atoms with Crippen LogP contribution in [0.2, 0.25) is 0 Å². The standard InChI is InChI=1S/C22H25N3O5S/c1-12-19(21(26)24-16-11-14(28-3)7-9-18(16)30-5)20(25-22(31)23-12)15-10-13(27-2)6-8-17(15)29-4/h6-11,20H,1-5H3,(H,24,26)(H2,23,25,31). The van der Waals surface area contributed by atoms with Crippen LogP contribution in [-0.2, 0) is 4.79 Å².